The van der Waals surface area contributed by atoms with E-state index in [1.807, 2.05) is 19.9 Å². The minimum absolute atomic E-state index is 0.0657. The van der Waals surface area contributed by atoms with Crippen LogP contribution in [0.5, 0.6) is 5.75 Å². The van der Waals surface area contributed by atoms with Gasteiger partial charge in [0.25, 0.3) is 0 Å². The number of nitrogens with two attached hydrogens (primary N) is 1. The van der Waals surface area contributed by atoms with Crippen molar-refractivity contribution in [1.82, 2.24) is 4.90 Å². The number of fused-ring (bicyclic) bond motifs is 1. The van der Waals surface area contributed by atoms with E-state index in [1.54, 1.807) is 29.2 Å². The molecule has 0 unspecified atom stereocenters. The van der Waals surface area contributed by atoms with Gasteiger partial charge in [0.15, 0.2) is 11.6 Å². The number of alkyl halides is 3. The van der Waals surface area contributed by atoms with Gasteiger partial charge in [-0.1, -0.05) is 19.9 Å². The smallest absolute Gasteiger partial charge is 0.478 e. The number of thiophene rings is 1. The van der Waals surface area contributed by atoms with E-state index in [0.717, 1.165) is 22.1 Å². The van der Waals surface area contributed by atoms with Crippen LogP contribution in [0.25, 0.3) is 0 Å². The monoisotopic (exact) mass is 637 g/mol. The van der Waals surface area contributed by atoms with E-state index in [0.29, 0.717) is 25.9 Å². The van der Waals surface area contributed by atoms with E-state index >= 15 is 0 Å². The number of carbonyl (C=O) groups is 4. The van der Waals surface area contributed by atoms with Crippen LogP contribution in [0.4, 0.5) is 17.6 Å². The van der Waals surface area contributed by atoms with Gasteiger partial charge in [-0.15, -0.1) is 11.3 Å². The molecule has 15 heteroatoms. The highest BCUT2D eigenvalue weighted by molar-refractivity contribution is 7.14. The summed E-state index contributed by atoms with van der Waals surface area (Å²) in [6, 6.07) is 12.0. The lowest BCUT2D eigenvalue weighted by Gasteiger charge is -2.35. The zero-order valence-corrected chi connectivity index (χ0v) is 24.1. The molecule has 0 saturated heterocycles. The van der Waals surface area contributed by atoms with Crippen LogP contribution >= 0.6 is 11.3 Å². The van der Waals surface area contributed by atoms with Gasteiger partial charge in [-0.2, -0.15) is 13.2 Å². The molecular formula is C29H27F4N3O7S. The lowest BCUT2D eigenvalue weighted by Crippen LogP contribution is -2.44. The van der Waals surface area contributed by atoms with Crippen molar-refractivity contribution in [2.24, 2.45) is 11.1 Å². The van der Waals surface area contributed by atoms with E-state index in [1.165, 1.54) is 23.5 Å². The molecule has 1 aliphatic rings. The number of hydrogen-bond acceptors (Lipinski definition) is 7. The summed E-state index contributed by atoms with van der Waals surface area (Å²) in [5, 5.41) is 23.8. The number of carbonyl (C=O) groups excluding carboxylic acids is 2. The second-order valence-electron chi connectivity index (χ2n) is 10.3. The summed E-state index contributed by atoms with van der Waals surface area (Å²) in [6.07, 6.45) is -4.06. The maximum Gasteiger partial charge on any atom is 0.490 e. The van der Waals surface area contributed by atoms with Crippen molar-refractivity contribution >= 4 is 41.0 Å². The fourth-order valence-electron chi connectivity index (χ4n) is 4.29. The number of nitrogens with one attached hydrogen (secondary N) is 1. The highest BCUT2D eigenvalue weighted by Gasteiger charge is 2.38. The summed E-state index contributed by atoms with van der Waals surface area (Å²) in [6.45, 7) is 4.55. The first-order chi connectivity index (χ1) is 20.4. The minimum atomic E-state index is -5.08. The molecule has 1 amide bonds. The molecule has 0 bridgehead atoms. The van der Waals surface area contributed by atoms with Gasteiger partial charge in [0, 0.05) is 28.9 Å². The quantitative estimate of drug-likeness (QED) is 0.0934. The van der Waals surface area contributed by atoms with Crippen LogP contribution in [0.2, 0.25) is 0 Å². The molecule has 44 heavy (non-hydrogen) atoms. The number of carboxylic acid groups (broad SMARTS) is 2. The third-order valence-corrected chi connectivity index (χ3v) is 7.56. The number of hydrogen-bond donors (Lipinski definition) is 4. The van der Waals surface area contributed by atoms with Crippen LogP contribution in [-0.4, -0.2) is 57.5 Å². The van der Waals surface area contributed by atoms with Crippen molar-refractivity contribution in [3.8, 4) is 5.75 Å². The number of amides is 1. The molecule has 1 aromatic heterocycles. The molecule has 1 aliphatic heterocycles. The molecule has 10 nitrogen and oxygen atoms in total. The first-order valence-electron chi connectivity index (χ1n) is 12.8. The van der Waals surface area contributed by atoms with Gasteiger partial charge in [0.1, 0.15) is 10.7 Å². The summed E-state index contributed by atoms with van der Waals surface area (Å²) in [5.41, 5.74) is 6.82. The molecule has 2 heterocycles. The van der Waals surface area contributed by atoms with E-state index < -0.39 is 35.3 Å². The zero-order chi connectivity index (χ0) is 33.0. The Kier molecular flexibility index (Phi) is 10.1. The topological polar surface area (TPSA) is 171 Å². The van der Waals surface area contributed by atoms with Gasteiger partial charge in [0.05, 0.1) is 5.56 Å². The van der Waals surface area contributed by atoms with Gasteiger partial charge in [-0.3, -0.25) is 10.2 Å². The van der Waals surface area contributed by atoms with Crippen LogP contribution in [0, 0.1) is 16.6 Å². The van der Waals surface area contributed by atoms with Crippen molar-refractivity contribution in [1.29, 1.82) is 5.41 Å². The molecule has 0 atom stereocenters. The molecule has 2 aromatic carbocycles. The van der Waals surface area contributed by atoms with Gasteiger partial charge in [-0.05, 0) is 66.4 Å². The normalized spacial score (nSPS) is 12.8. The second kappa shape index (κ2) is 13.2. The molecule has 234 valence electrons. The van der Waals surface area contributed by atoms with E-state index in [4.69, 9.17) is 25.8 Å². The molecule has 5 N–H and O–H groups in total. The Morgan fingerprint density at radius 3 is 2.20 bits per heavy atom. The molecule has 4 rings (SSSR count). The SMILES string of the molecule is CC(C)(Cc1ccc(C(=O)Oc2ccc(C(=N)N)cc2F)s1)C(=O)N1CCc2ccc(C(=O)O)cc2C1.O=C(O)C(F)(F)F. The standard InChI is InChI=1S/C27H26FN3O5S.C2HF3O2/c1-27(2,26(35)31-10-9-15-3-4-17(24(32)33)11-18(15)14-31)13-19-6-8-22(37-19)25(34)36-21-7-5-16(23(29)30)12-20(21)28;3-2(4,5)1(6)7/h3-8,11-12H,9-10,13-14H2,1-2H3,(H3,29,30)(H,32,33);(H,6,7). The second-order valence-corrected chi connectivity index (χ2v) is 11.5. The van der Waals surface area contributed by atoms with Gasteiger partial charge in [0.2, 0.25) is 5.91 Å². The fraction of sp³-hybridized carbons (Fsp3) is 0.276. The zero-order valence-electron chi connectivity index (χ0n) is 23.3. The van der Waals surface area contributed by atoms with Crippen LogP contribution < -0.4 is 10.5 Å². The third-order valence-electron chi connectivity index (χ3n) is 6.50. The Hall–Kier alpha value is -4.79. The molecule has 0 aliphatic carbocycles. The number of ether oxygens (including phenoxy) is 1. The predicted molar refractivity (Wildman–Crippen MR) is 150 cm³/mol. The Bertz CT molecular complexity index is 1620. The summed E-state index contributed by atoms with van der Waals surface area (Å²) in [5.74, 6) is -5.92. The largest absolute Gasteiger partial charge is 0.490 e. The highest BCUT2D eigenvalue weighted by atomic mass is 32.1. The maximum atomic E-state index is 14.2. The van der Waals surface area contributed by atoms with Crippen LogP contribution in [0.1, 0.15) is 55.4 Å². The summed E-state index contributed by atoms with van der Waals surface area (Å²) >= 11 is 1.17. The van der Waals surface area contributed by atoms with Crippen LogP contribution in [0.3, 0.4) is 0 Å². The first-order valence-corrected chi connectivity index (χ1v) is 13.6. The average molecular weight is 638 g/mol. The number of amidine groups is 1. The third kappa shape index (κ3) is 8.40. The Morgan fingerprint density at radius 1 is 1.00 bits per heavy atom. The molecule has 0 fully saturated rings. The predicted octanol–water partition coefficient (Wildman–Crippen LogP) is 4.88. The highest BCUT2D eigenvalue weighted by Crippen LogP contribution is 2.32. The fourth-order valence-corrected chi connectivity index (χ4v) is 5.40. The van der Waals surface area contributed by atoms with E-state index in [9.17, 15) is 37.1 Å². The number of carboxylic acids is 2. The van der Waals surface area contributed by atoms with Gasteiger partial charge in [-0.25, -0.2) is 18.8 Å². The number of benzene rings is 2. The van der Waals surface area contributed by atoms with Gasteiger partial charge >= 0.3 is 24.1 Å². The van der Waals surface area contributed by atoms with Gasteiger partial charge < -0.3 is 25.6 Å². The molecule has 0 saturated carbocycles. The van der Waals surface area contributed by atoms with Crippen molar-refractivity contribution < 1.29 is 51.7 Å². The van der Waals surface area contributed by atoms with Crippen molar-refractivity contribution in [3.63, 3.8) is 0 Å². The van der Waals surface area contributed by atoms with Crippen LogP contribution in [0.15, 0.2) is 48.5 Å². The number of aromatic carboxylic acids is 1. The lowest BCUT2D eigenvalue weighted by molar-refractivity contribution is -0.192. The number of halogens is 4. The van der Waals surface area contributed by atoms with Crippen molar-refractivity contribution in [3.05, 3.63) is 86.4 Å². The number of nitrogen functional groups attached to an aromatic ring is 1. The summed E-state index contributed by atoms with van der Waals surface area (Å²) < 4.78 is 51.2. The summed E-state index contributed by atoms with van der Waals surface area (Å²) in [4.78, 5) is 49.0. The van der Waals surface area contributed by atoms with Crippen LogP contribution in [-0.2, 0) is 29.0 Å². The first kappa shape index (κ1) is 33.7. The van der Waals surface area contributed by atoms with E-state index in [-0.39, 0.29) is 33.5 Å². The average Bonchev–Trinajstić information content (AvgIpc) is 3.40. The molecule has 0 spiro atoms. The number of rotatable bonds is 7. The summed E-state index contributed by atoms with van der Waals surface area (Å²) in [7, 11) is 0. The number of esters is 1. The Balaban J connectivity index is 0.000000676. The minimum Gasteiger partial charge on any atom is -0.478 e. The molecule has 3 aromatic rings. The van der Waals surface area contributed by atoms with Crippen molar-refractivity contribution in [2.75, 3.05) is 6.54 Å². The van der Waals surface area contributed by atoms with Crippen molar-refractivity contribution in [2.45, 2.75) is 39.4 Å². The lowest BCUT2D eigenvalue weighted by atomic mass is 9.85. The Morgan fingerprint density at radius 2 is 1.64 bits per heavy atom. The Labute approximate surface area is 252 Å². The number of nitrogens with zero attached hydrogens (tertiary/aromatic N) is 1. The molecule has 0 radical (unpaired) electrons. The van der Waals surface area contributed by atoms with E-state index in [2.05, 4.69) is 0 Å². The maximum absolute atomic E-state index is 14.2. The number of aliphatic carboxylic acids is 1. The molecular weight excluding hydrogens is 610 g/mol.